The quantitative estimate of drug-likeness (QED) is 0.785. The molecule has 0 saturated carbocycles. The zero-order valence-electron chi connectivity index (χ0n) is 12.3. The number of hydrogen-bond donors (Lipinski definition) is 2. The minimum atomic E-state index is -1.09. The lowest BCUT2D eigenvalue weighted by atomic mass is 10.2. The molecule has 124 valence electrons. The van der Waals surface area contributed by atoms with Crippen molar-refractivity contribution in [3.8, 4) is 0 Å². The Kier molecular flexibility index (Phi) is 6.12. The third-order valence-corrected chi connectivity index (χ3v) is 3.99. The minimum Gasteiger partial charge on any atom is -0.480 e. The largest absolute Gasteiger partial charge is 0.480 e. The molecule has 1 heterocycles. The number of hydrogen-bond acceptors (Lipinski definition) is 4. The van der Waals surface area contributed by atoms with E-state index in [1.165, 1.54) is 4.90 Å². The van der Waals surface area contributed by atoms with Gasteiger partial charge < -0.3 is 20.1 Å². The molecule has 1 aliphatic rings. The van der Waals surface area contributed by atoms with E-state index in [-0.39, 0.29) is 37.9 Å². The summed E-state index contributed by atoms with van der Waals surface area (Å²) in [5.41, 5.74) is 0.496. The molecule has 1 fully saturated rings. The second kappa shape index (κ2) is 8.07. The molecule has 1 unspecified atom stereocenters. The van der Waals surface area contributed by atoms with Gasteiger partial charge >= 0.3 is 5.97 Å². The van der Waals surface area contributed by atoms with E-state index < -0.39 is 12.0 Å². The van der Waals surface area contributed by atoms with Gasteiger partial charge in [0.1, 0.15) is 0 Å². The summed E-state index contributed by atoms with van der Waals surface area (Å²) in [6.45, 7) is 0.709. The van der Waals surface area contributed by atoms with Gasteiger partial charge in [-0.15, -0.1) is 0 Å². The SMILES string of the molecule is O=C(NCCC(=O)N1CCOCC1C(=O)O)c1ccc(Br)cc1. The summed E-state index contributed by atoms with van der Waals surface area (Å²) in [4.78, 5) is 36.5. The van der Waals surface area contributed by atoms with Crippen LogP contribution in [0.25, 0.3) is 0 Å². The molecule has 0 spiro atoms. The Hall–Kier alpha value is -1.93. The van der Waals surface area contributed by atoms with E-state index in [9.17, 15) is 14.4 Å². The van der Waals surface area contributed by atoms with Crippen LogP contribution in [-0.4, -0.2) is 60.1 Å². The van der Waals surface area contributed by atoms with E-state index in [1.807, 2.05) is 0 Å². The molecule has 2 rings (SSSR count). The van der Waals surface area contributed by atoms with Crippen LogP contribution in [0.3, 0.4) is 0 Å². The van der Waals surface area contributed by atoms with Gasteiger partial charge in [0.15, 0.2) is 6.04 Å². The molecule has 1 aromatic carbocycles. The number of carboxylic acid groups (broad SMARTS) is 1. The summed E-state index contributed by atoms with van der Waals surface area (Å²) in [6.07, 6.45) is 0.0477. The number of halogens is 1. The van der Waals surface area contributed by atoms with Crippen molar-refractivity contribution in [2.45, 2.75) is 12.5 Å². The fraction of sp³-hybridized carbons (Fsp3) is 0.400. The van der Waals surface area contributed by atoms with Gasteiger partial charge in [0.2, 0.25) is 5.91 Å². The lowest BCUT2D eigenvalue weighted by Crippen LogP contribution is -2.53. The van der Waals surface area contributed by atoms with Gasteiger partial charge in [-0.25, -0.2) is 4.79 Å². The Morgan fingerprint density at radius 2 is 2.00 bits per heavy atom. The van der Waals surface area contributed by atoms with E-state index in [4.69, 9.17) is 9.84 Å². The predicted octanol–water partition coefficient (Wildman–Crippen LogP) is 0.881. The summed E-state index contributed by atoms with van der Waals surface area (Å²) in [6, 6.07) is 5.89. The second-order valence-corrected chi connectivity index (χ2v) is 5.94. The number of morpholine rings is 1. The lowest BCUT2D eigenvalue weighted by Gasteiger charge is -2.32. The van der Waals surface area contributed by atoms with E-state index in [2.05, 4.69) is 21.2 Å². The van der Waals surface area contributed by atoms with Gasteiger partial charge in [0.25, 0.3) is 5.91 Å². The first kappa shape index (κ1) is 17.4. The van der Waals surface area contributed by atoms with Crippen LogP contribution in [-0.2, 0) is 14.3 Å². The van der Waals surface area contributed by atoms with Crippen LogP contribution in [0, 0.1) is 0 Å². The molecule has 1 aliphatic heterocycles. The third kappa shape index (κ3) is 4.77. The number of carbonyl (C=O) groups is 3. The predicted molar refractivity (Wildman–Crippen MR) is 85.0 cm³/mol. The number of nitrogens with one attached hydrogen (secondary N) is 1. The normalized spacial score (nSPS) is 17.6. The summed E-state index contributed by atoms with van der Waals surface area (Å²) in [7, 11) is 0. The number of carboxylic acids is 1. The molecule has 1 aromatic rings. The van der Waals surface area contributed by atoms with Crippen LogP contribution in [0.1, 0.15) is 16.8 Å². The zero-order chi connectivity index (χ0) is 16.8. The van der Waals surface area contributed by atoms with Crippen molar-refractivity contribution >= 4 is 33.7 Å². The van der Waals surface area contributed by atoms with Crippen LogP contribution in [0.4, 0.5) is 0 Å². The Balaban J connectivity index is 1.83. The van der Waals surface area contributed by atoms with Crippen molar-refractivity contribution in [3.63, 3.8) is 0 Å². The van der Waals surface area contributed by atoms with Crippen molar-refractivity contribution in [1.29, 1.82) is 0 Å². The molecular weight excluding hydrogens is 368 g/mol. The Morgan fingerprint density at radius 3 is 2.65 bits per heavy atom. The van der Waals surface area contributed by atoms with Crippen LogP contribution in [0.15, 0.2) is 28.7 Å². The highest BCUT2D eigenvalue weighted by atomic mass is 79.9. The zero-order valence-corrected chi connectivity index (χ0v) is 13.9. The van der Waals surface area contributed by atoms with E-state index in [0.29, 0.717) is 12.2 Å². The average Bonchev–Trinajstić information content (AvgIpc) is 2.55. The number of nitrogens with zero attached hydrogens (tertiary/aromatic N) is 1. The minimum absolute atomic E-state index is 0.00761. The number of rotatable bonds is 5. The number of amides is 2. The molecule has 0 aromatic heterocycles. The van der Waals surface area contributed by atoms with Crippen LogP contribution >= 0.6 is 15.9 Å². The second-order valence-electron chi connectivity index (χ2n) is 5.03. The highest BCUT2D eigenvalue weighted by Gasteiger charge is 2.32. The van der Waals surface area contributed by atoms with Crippen LogP contribution in [0.5, 0.6) is 0 Å². The highest BCUT2D eigenvalue weighted by molar-refractivity contribution is 9.10. The summed E-state index contributed by atoms with van der Waals surface area (Å²) < 4.78 is 5.96. The highest BCUT2D eigenvalue weighted by Crippen LogP contribution is 2.11. The summed E-state index contributed by atoms with van der Waals surface area (Å²) in [5.74, 6) is -1.67. The number of carbonyl (C=O) groups excluding carboxylic acids is 2. The summed E-state index contributed by atoms with van der Waals surface area (Å²) >= 11 is 3.29. The monoisotopic (exact) mass is 384 g/mol. The molecule has 8 heteroatoms. The van der Waals surface area contributed by atoms with Crippen molar-refractivity contribution < 1.29 is 24.2 Å². The smallest absolute Gasteiger partial charge is 0.328 e. The van der Waals surface area contributed by atoms with Gasteiger partial charge in [-0.2, -0.15) is 0 Å². The summed E-state index contributed by atoms with van der Waals surface area (Å²) in [5, 5.41) is 11.7. The van der Waals surface area contributed by atoms with Gasteiger partial charge in [0.05, 0.1) is 13.2 Å². The first-order chi connectivity index (χ1) is 11.0. The van der Waals surface area contributed by atoms with E-state index in [0.717, 1.165) is 4.47 Å². The molecule has 0 bridgehead atoms. The van der Waals surface area contributed by atoms with E-state index in [1.54, 1.807) is 24.3 Å². The van der Waals surface area contributed by atoms with Crippen molar-refractivity contribution in [2.24, 2.45) is 0 Å². The molecule has 2 N–H and O–H groups in total. The maximum absolute atomic E-state index is 12.1. The Labute approximate surface area is 141 Å². The Bertz CT molecular complexity index is 590. The fourth-order valence-electron chi connectivity index (χ4n) is 2.24. The molecule has 0 radical (unpaired) electrons. The molecule has 7 nitrogen and oxygen atoms in total. The molecule has 1 saturated heterocycles. The standard InChI is InChI=1S/C15H17BrN2O5/c16-11-3-1-10(2-4-11)14(20)17-6-5-13(19)18-7-8-23-9-12(18)15(21)22/h1-4,12H,5-9H2,(H,17,20)(H,21,22). The van der Waals surface area contributed by atoms with Gasteiger partial charge in [-0.1, -0.05) is 15.9 Å². The lowest BCUT2D eigenvalue weighted by molar-refractivity contribution is -0.158. The van der Waals surface area contributed by atoms with Crippen LogP contribution < -0.4 is 5.32 Å². The van der Waals surface area contributed by atoms with Crippen LogP contribution in [0.2, 0.25) is 0 Å². The van der Waals surface area contributed by atoms with Gasteiger partial charge in [-0.3, -0.25) is 9.59 Å². The fourth-order valence-corrected chi connectivity index (χ4v) is 2.50. The number of ether oxygens (including phenoxy) is 1. The topological polar surface area (TPSA) is 95.9 Å². The van der Waals surface area contributed by atoms with Gasteiger partial charge in [0, 0.05) is 29.5 Å². The average molecular weight is 385 g/mol. The van der Waals surface area contributed by atoms with Crippen molar-refractivity contribution in [1.82, 2.24) is 10.2 Å². The first-order valence-corrected chi connectivity index (χ1v) is 7.92. The molecule has 0 aliphatic carbocycles. The van der Waals surface area contributed by atoms with Crippen molar-refractivity contribution in [2.75, 3.05) is 26.3 Å². The van der Waals surface area contributed by atoms with Crippen molar-refractivity contribution in [3.05, 3.63) is 34.3 Å². The molecular formula is C15H17BrN2O5. The first-order valence-electron chi connectivity index (χ1n) is 7.13. The Morgan fingerprint density at radius 1 is 1.30 bits per heavy atom. The maximum atomic E-state index is 12.1. The molecule has 1 atom stereocenters. The number of benzene rings is 1. The maximum Gasteiger partial charge on any atom is 0.328 e. The molecule has 23 heavy (non-hydrogen) atoms. The number of aliphatic carboxylic acids is 1. The van der Waals surface area contributed by atoms with Gasteiger partial charge in [-0.05, 0) is 24.3 Å². The molecule has 2 amide bonds. The third-order valence-electron chi connectivity index (χ3n) is 3.46. The van der Waals surface area contributed by atoms with E-state index >= 15 is 0 Å².